The molecular weight excluding hydrogens is 489 g/mol. The molecule has 0 saturated carbocycles. The molecule has 1 aromatic heterocycles. The number of carbonyl (C=O) groups excluding carboxylic acids is 1. The summed E-state index contributed by atoms with van der Waals surface area (Å²) in [5, 5.41) is 8.61. The standard InChI is InChI=1S/C23H28N5O5PS/c1-15(2)35(31,32)21-9-7-6-8-18(21)26-22-19(25-14-29)13-24-23(28-22)27-17-11-10-16(34(4,5)30)12-20(17)33-3/h6-15H,1-5H3,(H,25,29)(H2,24,26,27,28). The first-order chi connectivity index (χ1) is 16.5. The molecule has 0 aliphatic rings. The van der Waals surface area contributed by atoms with Gasteiger partial charge in [0.25, 0.3) is 0 Å². The molecule has 0 spiro atoms. The molecule has 0 aliphatic carbocycles. The van der Waals surface area contributed by atoms with E-state index in [0.717, 1.165) is 0 Å². The predicted octanol–water partition coefficient (Wildman–Crippen LogP) is 3.97. The highest BCUT2D eigenvalue weighted by molar-refractivity contribution is 7.92. The third kappa shape index (κ3) is 5.98. The van der Waals surface area contributed by atoms with Gasteiger partial charge in [0.05, 0.1) is 34.8 Å². The van der Waals surface area contributed by atoms with E-state index in [1.54, 1.807) is 63.6 Å². The lowest BCUT2D eigenvalue weighted by atomic mass is 10.3. The summed E-state index contributed by atoms with van der Waals surface area (Å²) in [7, 11) is -4.58. The van der Waals surface area contributed by atoms with E-state index in [9.17, 15) is 17.8 Å². The second-order valence-electron chi connectivity index (χ2n) is 8.29. The Labute approximate surface area is 204 Å². The average molecular weight is 518 g/mol. The molecule has 0 saturated heterocycles. The molecule has 0 fully saturated rings. The molecule has 10 nitrogen and oxygen atoms in total. The van der Waals surface area contributed by atoms with Crippen LogP contribution in [0, 0.1) is 0 Å². The van der Waals surface area contributed by atoms with Crippen molar-refractivity contribution in [1.82, 2.24) is 9.97 Å². The molecule has 0 aliphatic heterocycles. The molecule has 12 heteroatoms. The monoisotopic (exact) mass is 517 g/mol. The number of methoxy groups -OCH3 is 1. The van der Waals surface area contributed by atoms with Crippen molar-refractivity contribution in [3.63, 3.8) is 0 Å². The van der Waals surface area contributed by atoms with E-state index in [-0.39, 0.29) is 22.3 Å². The second-order valence-corrected chi connectivity index (χ2v) is 14.0. The summed E-state index contributed by atoms with van der Waals surface area (Å²) < 4.78 is 43.5. The highest BCUT2D eigenvalue weighted by atomic mass is 32.2. The molecule has 1 amide bonds. The van der Waals surface area contributed by atoms with Crippen LogP contribution >= 0.6 is 7.14 Å². The van der Waals surface area contributed by atoms with Crippen molar-refractivity contribution in [2.75, 3.05) is 36.4 Å². The van der Waals surface area contributed by atoms with Gasteiger partial charge in [-0.15, -0.1) is 0 Å². The van der Waals surface area contributed by atoms with Gasteiger partial charge in [-0.25, -0.2) is 13.4 Å². The van der Waals surface area contributed by atoms with Gasteiger partial charge in [0, 0.05) is 5.30 Å². The van der Waals surface area contributed by atoms with Crippen molar-refractivity contribution in [3.05, 3.63) is 48.7 Å². The van der Waals surface area contributed by atoms with Crippen molar-refractivity contribution < 1.29 is 22.5 Å². The van der Waals surface area contributed by atoms with Crippen LogP contribution in [-0.4, -0.2) is 50.5 Å². The SMILES string of the molecule is COc1cc(P(C)(C)=O)ccc1Nc1ncc(NC=O)c(Nc2ccccc2S(=O)(=O)C(C)C)n1. The summed E-state index contributed by atoms with van der Waals surface area (Å²) in [5.74, 6) is 0.798. The van der Waals surface area contributed by atoms with Crippen molar-refractivity contribution in [3.8, 4) is 5.75 Å². The van der Waals surface area contributed by atoms with Gasteiger partial charge < -0.3 is 25.3 Å². The summed E-state index contributed by atoms with van der Waals surface area (Å²) >= 11 is 0. The Morgan fingerprint density at radius 2 is 1.74 bits per heavy atom. The van der Waals surface area contributed by atoms with E-state index in [0.29, 0.717) is 28.8 Å². The lowest BCUT2D eigenvalue weighted by molar-refractivity contribution is -0.105. The van der Waals surface area contributed by atoms with Crippen molar-refractivity contribution in [1.29, 1.82) is 0 Å². The van der Waals surface area contributed by atoms with Gasteiger partial charge in [-0.1, -0.05) is 12.1 Å². The number of hydrogen-bond donors (Lipinski definition) is 3. The molecule has 0 bridgehead atoms. The number of benzene rings is 2. The van der Waals surface area contributed by atoms with Crippen LogP contribution in [0.4, 0.5) is 28.8 Å². The summed E-state index contributed by atoms with van der Waals surface area (Å²) in [6.07, 6.45) is 1.86. The van der Waals surface area contributed by atoms with E-state index in [4.69, 9.17) is 4.74 Å². The van der Waals surface area contributed by atoms with Crippen LogP contribution in [0.25, 0.3) is 0 Å². The maximum atomic E-state index is 12.8. The minimum atomic E-state index is -3.59. The highest BCUT2D eigenvalue weighted by Gasteiger charge is 2.23. The van der Waals surface area contributed by atoms with Crippen LogP contribution in [0.3, 0.4) is 0 Å². The summed E-state index contributed by atoms with van der Waals surface area (Å²) in [5.41, 5.74) is 1.10. The van der Waals surface area contributed by atoms with Gasteiger partial charge in [-0.2, -0.15) is 4.98 Å². The van der Waals surface area contributed by atoms with Gasteiger partial charge in [0.2, 0.25) is 12.4 Å². The fourth-order valence-electron chi connectivity index (χ4n) is 3.14. The average Bonchev–Trinajstić information content (AvgIpc) is 2.80. The minimum absolute atomic E-state index is 0.112. The number of aromatic nitrogens is 2. The van der Waals surface area contributed by atoms with Gasteiger partial charge in [0.1, 0.15) is 18.6 Å². The fourth-order valence-corrected chi connectivity index (χ4v) is 5.21. The molecular formula is C23H28N5O5PS. The third-order valence-electron chi connectivity index (χ3n) is 5.12. The zero-order valence-electron chi connectivity index (χ0n) is 20.1. The molecule has 3 N–H and O–H groups in total. The fraction of sp³-hybridized carbons (Fsp3) is 0.261. The number of amides is 1. The first kappa shape index (κ1) is 26.2. The van der Waals surface area contributed by atoms with Crippen LogP contribution in [0.5, 0.6) is 5.75 Å². The maximum absolute atomic E-state index is 12.8. The van der Waals surface area contributed by atoms with E-state index in [1.807, 2.05) is 0 Å². The number of nitrogens with zero attached hydrogens (tertiary/aromatic N) is 2. The summed E-state index contributed by atoms with van der Waals surface area (Å²) in [4.78, 5) is 19.9. The topological polar surface area (TPSA) is 139 Å². The zero-order chi connectivity index (χ0) is 25.8. The van der Waals surface area contributed by atoms with Crippen molar-refractivity contribution in [2.45, 2.75) is 24.0 Å². The van der Waals surface area contributed by atoms with Gasteiger partial charge >= 0.3 is 0 Å². The number of carbonyl (C=O) groups is 1. The number of ether oxygens (including phenoxy) is 1. The Bertz CT molecular complexity index is 1390. The largest absolute Gasteiger partial charge is 0.495 e. The minimum Gasteiger partial charge on any atom is -0.495 e. The quantitative estimate of drug-likeness (QED) is 0.269. The Morgan fingerprint density at radius 3 is 2.37 bits per heavy atom. The van der Waals surface area contributed by atoms with Crippen LogP contribution in [0.15, 0.2) is 53.6 Å². The molecule has 0 unspecified atom stereocenters. The van der Waals surface area contributed by atoms with E-state index >= 15 is 0 Å². The van der Waals surface area contributed by atoms with E-state index < -0.39 is 22.2 Å². The van der Waals surface area contributed by atoms with E-state index in [2.05, 4.69) is 25.9 Å². The van der Waals surface area contributed by atoms with Crippen LogP contribution in [0.2, 0.25) is 0 Å². The Balaban J connectivity index is 2.02. The third-order valence-corrected chi connectivity index (χ3v) is 8.86. The normalized spacial score (nSPS) is 11.7. The van der Waals surface area contributed by atoms with Gasteiger partial charge in [-0.3, -0.25) is 4.79 Å². The molecule has 2 aromatic carbocycles. The molecule has 1 heterocycles. The number of nitrogens with one attached hydrogen (secondary N) is 3. The number of rotatable bonds is 10. The molecule has 186 valence electrons. The first-order valence-corrected chi connectivity index (χ1v) is 14.8. The van der Waals surface area contributed by atoms with E-state index in [1.165, 1.54) is 19.4 Å². The summed E-state index contributed by atoms with van der Waals surface area (Å²) in [6.45, 7) is 6.55. The lowest BCUT2D eigenvalue weighted by Gasteiger charge is -2.17. The van der Waals surface area contributed by atoms with Crippen LogP contribution < -0.4 is 26.0 Å². The zero-order valence-corrected chi connectivity index (χ0v) is 21.8. The molecule has 35 heavy (non-hydrogen) atoms. The lowest BCUT2D eigenvalue weighted by Crippen LogP contribution is -2.16. The summed E-state index contributed by atoms with van der Waals surface area (Å²) in [6, 6.07) is 11.6. The van der Waals surface area contributed by atoms with Crippen molar-refractivity contribution in [2.24, 2.45) is 0 Å². The molecule has 3 rings (SSSR count). The van der Waals surface area contributed by atoms with Gasteiger partial charge in [0.15, 0.2) is 15.7 Å². The van der Waals surface area contributed by atoms with Crippen molar-refractivity contribution >= 4 is 57.5 Å². The predicted molar refractivity (Wildman–Crippen MR) is 139 cm³/mol. The van der Waals surface area contributed by atoms with Crippen LogP contribution in [-0.2, 0) is 19.2 Å². The Kier molecular flexibility index (Phi) is 7.82. The van der Waals surface area contributed by atoms with Crippen LogP contribution in [0.1, 0.15) is 13.8 Å². The number of hydrogen-bond acceptors (Lipinski definition) is 9. The number of para-hydroxylation sites is 1. The first-order valence-electron chi connectivity index (χ1n) is 10.6. The van der Waals surface area contributed by atoms with Gasteiger partial charge in [-0.05, 0) is 57.5 Å². The maximum Gasteiger partial charge on any atom is 0.229 e. The Morgan fingerprint density at radius 1 is 1.03 bits per heavy atom. The molecule has 0 atom stereocenters. The Hall–Kier alpha value is -3.43. The molecule has 3 aromatic rings. The number of sulfone groups is 1. The highest BCUT2D eigenvalue weighted by Crippen LogP contribution is 2.38. The molecule has 0 radical (unpaired) electrons. The number of anilines is 5. The smallest absolute Gasteiger partial charge is 0.229 e. The second kappa shape index (κ2) is 10.5.